The monoisotopic (exact) mass is 579 g/mol. The number of aliphatic hydroxyl groups is 4. The molecular formula is C32H53NO8. The summed E-state index contributed by atoms with van der Waals surface area (Å²) in [5, 5.41) is 42.6. The van der Waals surface area contributed by atoms with Gasteiger partial charge in [0.2, 0.25) is 0 Å². The third-order valence-electron chi connectivity index (χ3n) is 8.27. The number of hydrogen-bond donors (Lipinski definition) is 5. The lowest BCUT2D eigenvalue weighted by Gasteiger charge is -2.36. The van der Waals surface area contributed by atoms with Crippen LogP contribution < -0.4 is 5.73 Å². The zero-order valence-corrected chi connectivity index (χ0v) is 25.7. The van der Waals surface area contributed by atoms with E-state index in [0.29, 0.717) is 12.8 Å². The third kappa shape index (κ3) is 11.7. The summed E-state index contributed by atoms with van der Waals surface area (Å²) in [4.78, 5) is 23.3. The molecule has 9 nitrogen and oxygen atoms in total. The van der Waals surface area contributed by atoms with E-state index in [-0.39, 0.29) is 36.0 Å². The van der Waals surface area contributed by atoms with E-state index in [4.69, 9.17) is 15.2 Å². The number of amides is 1. The lowest BCUT2D eigenvalue weighted by molar-refractivity contribution is -0.179. The van der Waals surface area contributed by atoms with Crippen LogP contribution in [0.15, 0.2) is 48.6 Å². The van der Waals surface area contributed by atoms with Crippen LogP contribution in [0.4, 0.5) is 4.79 Å². The topological polar surface area (TPSA) is 160 Å². The minimum atomic E-state index is -0.892. The van der Waals surface area contributed by atoms with Crippen LogP contribution in [0.2, 0.25) is 0 Å². The molecule has 1 rings (SSSR count). The SMILES string of the molecule is C=CC=CC[C@H](OC(N)=O)[C@@H](C)[C@H](O)[C@@H](C)CC(C)=C[C@H](C)[C@@H](O)[C@@H](C)C=C[C@@H](O)C[C@@H]1OC(=O)[C@H](C)[C@@H](O)[C@H]1C. The largest absolute Gasteiger partial charge is 0.462 e. The maximum Gasteiger partial charge on any atom is 0.404 e. The summed E-state index contributed by atoms with van der Waals surface area (Å²) in [6, 6.07) is 0. The van der Waals surface area contributed by atoms with Gasteiger partial charge in [-0.1, -0.05) is 83.2 Å². The number of nitrogens with two attached hydrogens (primary N) is 1. The van der Waals surface area contributed by atoms with Gasteiger partial charge in [0.05, 0.1) is 30.3 Å². The zero-order chi connectivity index (χ0) is 31.4. The highest BCUT2D eigenvalue weighted by atomic mass is 16.6. The molecule has 12 atom stereocenters. The highest BCUT2D eigenvalue weighted by Gasteiger charge is 2.40. The summed E-state index contributed by atoms with van der Waals surface area (Å²) < 4.78 is 10.6. The fraction of sp³-hybridized carbons (Fsp3) is 0.688. The molecule has 0 spiro atoms. The third-order valence-corrected chi connectivity index (χ3v) is 8.27. The van der Waals surface area contributed by atoms with Gasteiger partial charge < -0.3 is 35.6 Å². The minimum Gasteiger partial charge on any atom is -0.462 e. The van der Waals surface area contributed by atoms with E-state index in [9.17, 15) is 30.0 Å². The Morgan fingerprint density at radius 3 is 2.32 bits per heavy atom. The first-order valence-electron chi connectivity index (χ1n) is 14.6. The van der Waals surface area contributed by atoms with Gasteiger partial charge in [-0.05, 0) is 26.2 Å². The van der Waals surface area contributed by atoms with Crippen LogP contribution in [0.3, 0.4) is 0 Å². The van der Waals surface area contributed by atoms with E-state index in [1.807, 2.05) is 46.8 Å². The second-order valence-corrected chi connectivity index (χ2v) is 11.9. The van der Waals surface area contributed by atoms with E-state index in [1.165, 1.54) is 0 Å². The van der Waals surface area contributed by atoms with Crippen LogP contribution in [0, 0.1) is 35.5 Å². The number of esters is 1. The smallest absolute Gasteiger partial charge is 0.404 e. The summed E-state index contributed by atoms with van der Waals surface area (Å²) in [5.41, 5.74) is 6.24. The molecular weight excluding hydrogens is 526 g/mol. The molecule has 1 amide bonds. The molecule has 0 aromatic rings. The van der Waals surface area contributed by atoms with Crippen LogP contribution >= 0.6 is 0 Å². The van der Waals surface area contributed by atoms with E-state index >= 15 is 0 Å². The Morgan fingerprint density at radius 2 is 1.73 bits per heavy atom. The average molecular weight is 580 g/mol. The van der Waals surface area contributed by atoms with Gasteiger partial charge in [-0.25, -0.2) is 4.79 Å². The van der Waals surface area contributed by atoms with Crippen LogP contribution in [0.25, 0.3) is 0 Å². The Labute approximate surface area is 245 Å². The predicted molar refractivity (Wildman–Crippen MR) is 159 cm³/mol. The maximum atomic E-state index is 12.0. The van der Waals surface area contributed by atoms with Gasteiger partial charge >= 0.3 is 12.1 Å². The number of carbonyl (C=O) groups is 2. The standard InChI is InChI=1S/C32H53NO8/c1-9-10-11-12-26(41-32(33)39)22(6)29(36)21(5)16-18(2)15-20(4)28(35)19(3)13-14-25(34)17-27-23(7)30(37)24(8)31(38)40-27/h9-11,13-15,19-30,34-37H,1,12,16-17H2,2-8H3,(H2,33,39)/t19-,20-,21-,22+,23-,24+,25+,26-,27-,28-,29+,30-/m0/s1. The number of carbonyl (C=O) groups excluding carboxylic acids is 2. The molecule has 6 N–H and O–H groups in total. The second kappa shape index (κ2) is 17.5. The fourth-order valence-corrected chi connectivity index (χ4v) is 5.46. The van der Waals surface area contributed by atoms with Crippen molar-refractivity contribution in [3.8, 4) is 0 Å². The molecule has 1 fully saturated rings. The molecule has 0 aromatic carbocycles. The summed E-state index contributed by atoms with van der Waals surface area (Å²) >= 11 is 0. The normalized spacial score (nSPS) is 27.9. The van der Waals surface area contributed by atoms with Gasteiger partial charge in [0, 0.05) is 36.5 Å². The molecule has 1 aliphatic heterocycles. The molecule has 9 heteroatoms. The molecule has 0 radical (unpaired) electrons. The van der Waals surface area contributed by atoms with Gasteiger partial charge in [0.1, 0.15) is 12.2 Å². The summed E-state index contributed by atoms with van der Waals surface area (Å²) in [6.45, 7) is 16.5. The number of hydrogen-bond acceptors (Lipinski definition) is 8. The van der Waals surface area contributed by atoms with Gasteiger partial charge in [0.25, 0.3) is 0 Å². The Balaban J connectivity index is 2.72. The molecule has 1 aliphatic rings. The van der Waals surface area contributed by atoms with Crippen molar-refractivity contribution in [2.75, 3.05) is 0 Å². The van der Waals surface area contributed by atoms with Gasteiger partial charge in [-0.15, -0.1) is 0 Å². The van der Waals surface area contributed by atoms with E-state index < -0.39 is 54.6 Å². The molecule has 41 heavy (non-hydrogen) atoms. The molecule has 0 saturated carbocycles. The molecule has 1 heterocycles. The van der Waals surface area contributed by atoms with Gasteiger partial charge in [-0.2, -0.15) is 0 Å². The van der Waals surface area contributed by atoms with Crippen molar-refractivity contribution in [2.45, 2.75) is 104 Å². The first-order valence-corrected chi connectivity index (χ1v) is 14.6. The Kier molecular flexibility index (Phi) is 15.6. The van der Waals surface area contributed by atoms with E-state index in [0.717, 1.165) is 5.57 Å². The molecule has 234 valence electrons. The average Bonchev–Trinajstić information content (AvgIpc) is 2.91. The minimum absolute atomic E-state index is 0.141. The number of allylic oxidation sites excluding steroid dienone is 3. The number of ether oxygens (including phenoxy) is 2. The van der Waals surface area contributed by atoms with Crippen molar-refractivity contribution >= 4 is 12.1 Å². The molecule has 0 unspecified atom stereocenters. The number of rotatable bonds is 16. The summed E-state index contributed by atoms with van der Waals surface area (Å²) in [7, 11) is 0. The van der Waals surface area contributed by atoms with Crippen molar-refractivity contribution < 1.29 is 39.5 Å². The molecule has 1 saturated heterocycles. The van der Waals surface area contributed by atoms with Crippen molar-refractivity contribution in [1.82, 2.24) is 0 Å². The van der Waals surface area contributed by atoms with Crippen LogP contribution in [-0.2, 0) is 14.3 Å². The van der Waals surface area contributed by atoms with Crippen molar-refractivity contribution in [2.24, 2.45) is 41.2 Å². The van der Waals surface area contributed by atoms with Crippen molar-refractivity contribution in [3.05, 3.63) is 48.6 Å². The summed E-state index contributed by atoms with van der Waals surface area (Å²) in [6.07, 6.45) is 6.44. The maximum absolute atomic E-state index is 12.0. The highest BCUT2D eigenvalue weighted by Crippen LogP contribution is 2.30. The fourth-order valence-electron chi connectivity index (χ4n) is 5.46. The number of primary amides is 1. The van der Waals surface area contributed by atoms with Crippen LogP contribution in [0.1, 0.15) is 67.7 Å². The lowest BCUT2D eigenvalue weighted by atomic mass is 9.83. The number of cyclic esters (lactones) is 1. The first kappa shape index (κ1) is 36.6. The Morgan fingerprint density at radius 1 is 1.10 bits per heavy atom. The lowest BCUT2D eigenvalue weighted by Crippen LogP contribution is -2.47. The summed E-state index contributed by atoms with van der Waals surface area (Å²) in [5.74, 6) is -2.30. The molecule has 0 aliphatic carbocycles. The van der Waals surface area contributed by atoms with Crippen molar-refractivity contribution in [3.63, 3.8) is 0 Å². The van der Waals surface area contributed by atoms with E-state index in [2.05, 4.69) is 6.58 Å². The second-order valence-electron chi connectivity index (χ2n) is 11.9. The van der Waals surface area contributed by atoms with Gasteiger partial charge in [-0.3, -0.25) is 4.79 Å². The first-order chi connectivity index (χ1) is 19.1. The number of aliphatic hydroxyl groups excluding tert-OH is 4. The van der Waals surface area contributed by atoms with Crippen LogP contribution in [-0.4, -0.2) is 69.1 Å². The van der Waals surface area contributed by atoms with Crippen molar-refractivity contribution in [1.29, 1.82) is 0 Å². The Hall–Kier alpha value is -2.46. The van der Waals surface area contributed by atoms with Gasteiger partial charge in [0.15, 0.2) is 0 Å². The predicted octanol–water partition coefficient (Wildman–Crippen LogP) is 4.05. The zero-order valence-electron chi connectivity index (χ0n) is 25.7. The Bertz CT molecular complexity index is 931. The molecule has 0 aromatic heterocycles. The quantitative estimate of drug-likeness (QED) is 0.104. The highest BCUT2D eigenvalue weighted by molar-refractivity contribution is 5.73. The van der Waals surface area contributed by atoms with E-state index in [1.54, 1.807) is 38.2 Å². The van der Waals surface area contributed by atoms with Crippen LogP contribution in [0.5, 0.6) is 0 Å². The molecule has 0 bridgehead atoms.